The number of nitrogens with zero attached hydrogens (tertiary/aromatic N) is 2. The molecule has 0 saturated heterocycles. The number of rotatable bonds is 7. The van der Waals surface area contributed by atoms with Gasteiger partial charge in [-0.25, -0.2) is 4.99 Å². The van der Waals surface area contributed by atoms with Gasteiger partial charge in [0.1, 0.15) is 6.07 Å². The summed E-state index contributed by atoms with van der Waals surface area (Å²) in [5.41, 5.74) is 12.5. The van der Waals surface area contributed by atoms with Crippen molar-refractivity contribution in [3.05, 3.63) is 71.1 Å². The van der Waals surface area contributed by atoms with Crippen LogP contribution in [0.2, 0.25) is 0 Å². The third kappa shape index (κ3) is 5.46. The SMILES string of the molecule is C/C(=N\C(C#N)=C/N)C(=O)CCc1ccc(C2=C[C@@H]3C=C[C@H](C2)O3)cc1C1=CCC(C)(C)CC1. The van der Waals surface area contributed by atoms with E-state index < -0.39 is 0 Å². The van der Waals surface area contributed by atoms with E-state index in [0.717, 1.165) is 31.9 Å². The van der Waals surface area contributed by atoms with Gasteiger partial charge in [-0.05, 0) is 78.0 Å². The van der Waals surface area contributed by atoms with E-state index in [1.807, 2.05) is 6.07 Å². The monoisotopic (exact) mass is 455 g/mol. The lowest BCUT2D eigenvalue weighted by molar-refractivity contribution is -0.113. The van der Waals surface area contributed by atoms with E-state index in [9.17, 15) is 4.79 Å². The smallest absolute Gasteiger partial charge is 0.177 e. The van der Waals surface area contributed by atoms with Crippen LogP contribution < -0.4 is 5.73 Å². The summed E-state index contributed by atoms with van der Waals surface area (Å²) >= 11 is 0. The number of nitriles is 1. The van der Waals surface area contributed by atoms with E-state index in [-0.39, 0.29) is 23.7 Å². The van der Waals surface area contributed by atoms with Crippen molar-refractivity contribution < 1.29 is 9.53 Å². The van der Waals surface area contributed by atoms with Crippen molar-refractivity contribution in [3.63, 3.8) is 0 Å². The summed E-state index contributed by atoms with van der Waals surface area (Å²) in [6.45, 7) is 6.28. The Morgan fingerprint density at radius 2 is 2.15 bits per heavy atom. The number of nitrogens with two attached hydrogens (primary N) is 1. The predicted octanol–water partition coefficient (Wildman–Crippen LogP) is 5.68. The molecule has 4 rings (SSSR count). The maximum absolute atomic E-state index is 12.7. The molecular formula is C29H33N3O2. The maximum Gasteiger partial charge on any atom is 0.177 e. The number of benzene rings is 1. The van der Waals surface area contributed by atoms with Crippen molar-refractivity contribution in [3.8, 4) is 6.07 Å². The molecule has 176 valence electrons. The van der Waals surface area contributed by atoms with Crippen molar-refractivity contribution in [2.24, 2.45) is 16.1 Å². The van der Waals surface area contributed by atoms with E-state index >= 15 is 0 Å². The summed E-state index contributed by atoms with van der Waals surface area (Å²) in [6, 6.07) is 8.56. The molecule has 2 heterocycles. The summed E-state index contributed by atoms with van der Waals surface area (Å²) in [7, 11) is 0. The molecule has 2 N–H and O–H groups in total. The molecule has 0 radical (unpaired) electrons. The van der Waals surface area contributed by atoms with Crippen LogP contribution in [0.5, 0.6) is 0 Å². The van der Waals surface area contributed by atoms with Gasteiger partial charge in [-0.2, -0.15) is 5.26 Å². The second kappa shape index (κ2) is 9.95. The van der Waals surface area contributed by atoms with E-state index in [1.165, 1.54) is 27.8 Å². The molecule has 1 aromatic rings. The number of carbonyl (C=O) groups excluding carboxylic acids is 1. The summed E-state index contributed by atoms with van der Waals surface area (Å²) in [5, 5.41) is 9.01. The molecule has 34 heavy (non-hydrogen) atoms. The minimum absolute atomic E-state index is 0.0547. The zero-order valence-corrected chi connectivity index (χ0v) is 20.3. The highest BCUT2D eigenvalue weighted by Crippen LogP contribution is 2.40. The fourth-order valence-corrected chi connectivity index (χ4v) is 4.82. The largest absolute Gasteiger partial charge is 0.402 e. The van der Waals surface area contributed by atoms with Crippen molar-refractivity contribution >= 4 is 22.6 Å². The van der Waals surface area contributed by atoms with Crippen LogP contribution >= 0.6 is 0 Å². The summed E-state index contributed by atoms with van der Waals surface area (Å²) in [5.74, 6) is -0.0711. The van der Waals surface area contributed by atoms with Gasteiger partial charge >= 0.3 is 0 Å². The first-order chi connectivity index (χ1) is 16.3. The Hall–Kier alpha value is -3.23. The number of hydrogen-bond donors (Lipinski definition) is 1. The fourth-order valence-electron chi connectivity index (χ4n) is 4.82. The van der Waals surface area contributed by atoms with E-state index in [0.29, 0.717) is 24.0 Å². The molecule has 2 atom stereocenters. The number of hydrogen-bond acceptors (Lipinski definition) is 5. The van der Waals surface area contributed by atoms with Crippen LogP contribution in [0.25, 0.3) is 11.1 Å². The van der Waals surface area contributed by atoms with Gasteiger partial charge in [-0.3, -0.25) is 4.79 Å². The molecule has 5 heteroatoms. The average molecular weight is 456 g/mol. The lowest BCUT2D eigenvalue weighted by atomic mass is 9.76. The van der Waals surface area contributed by atoms with Crippen LogP contribution in [-0.4, -0.2) is 23.7 Å². The van der Waals surface area contributed by atoms with Crippen molar-refractivity contribution in [2.45, 2.75) is 71.5 Å². The van der Waals surface area contributed by atoms with E-state index in [4.69, 9.17) is 15.7 Å². The van der Waals surface area contributed by atoms with Crippen LogP contribution in [0, 0.1) is 16.7 Å². The molecule has 3 aliphatic rings. The van der Waals surface area contributed by atoms with Gasteiger partial charge < -0.3 is 10.5 Å². The lowest BCUT2D eigenvalue weighted by Crippen LogP contribution is -2.17. The third-order valence-electron chi connectivity index (χ3n) is 7.02. The van der Waals surface area contributed by atoms with Crippen LogP contribution in [0.15, 0.2) is 59.4 Å². The highest BCUT2D eigenvalue weighted by molar-refractivity contribution is 6.39. The van der Waals surface area contributed by atoms with Crippen molar-refractivity contribution in [2.75, 3.05) is 0 Å². The Bertz CT molecular complexity index is 1170. The van der Waals surface area contributed by atoms with Gasteiger partial charge in [0.2, 0.25) is 0 Å². The number of aliphatic imine (C=N–C) groups is 1. The zero-order valence-electron chi connectivity index (χ0n) is 20.3. The van der Waals surface area contributed by atoms with Gasteiger partial charge in [0, 0.05) is 19.0 Å². The predicted molar refractivity (Wildman–Crippen MR) is 137 cm³/mol. The number of Topliss-reactive ketones (excluding diaryl/α,β-unsaturated/α-hetero) is 1. The molecule has 1 aromatic carbocycles. The van der Waals surface area contributed by atoms with Gasteiger partial charge in [0.05, 0.1) is 17.9 Å². The minimum Gasteiger partial charge on any atom is -0.402 e. The normalized spacial score (nSPS) is 23.8. The van der Waals surface area contributed by atoms with Crippen LogP contribution in [0.1, 0.15) is 69.6 Å². The molecule has 2 aliphatic heterocycles. The molecule has 5 nitrogen and oxygen atoms in total. The first-order valence-corrected chi connectivity index (χ1v) is 12.1. The Morgan fingerprint density at radius 3 is 2.82 bits per heavy atom. The topological polar surface area (TPSA) is 88.5 Å². The molecule has 0 spiro atoms. The molecule has 0 fully saturated rings. The van der Waals surface area contributed by atoms with Crippen molar-refractivity contribution in [1.82, 2.24) is 0 Å². The third-order valence-corrected chi connectivity index (χ3v) is 7.02. The first kappa shape index (κ1) is 23.9. The zero-order chi connectivity index (χ0) is 24.3. The summed E-state index contributed by atoms with van der Waals surface area (Å²) in [4.78, 5) is 16.8. The Kier molecular flexibility index (Phi) is 7.00. The van der Waals surface area contributed by atoms with Crippen molar-refractivity contribution in [1.29, 1.82) is 5.26 Å². The van der Waals surface area contributed by atoms with Gasteiger partial charge in [-0.1, -0.05) is 44.2 Å². The molecule has 0 saturated carbocycles. The molecule has 0 amide bonds. The summed E-state index contributed by atoms with van der Waals surface area (Å²) in [6.07, 6.45) is 15.4. The number of allylic oxidation sites excluding steroid dienone is 3. The van der Waals surface area contributed by atoms with Crippen LogP contribution in [-0.2, 0) is 16.0 Å². The maximum atomic E-state index is 12.7. The van der Waals surface area contributed by atoms with Crippen LogP contribution in [0.4, 0.5) is 0 Å². The molecule has 1 aliphatic carbocycles. The van der Waals surface area contributed by atoms with Gasteiger partial charge in [0.25, 0.3) is 0 Å². The number of carbonyl (C=O) groups is 1. The Morgan fingerprint density at radius 1 is 1.32 bits per heavy atom. The molecule has 0 unspecified atom stereocenters. The molecule has 0 aromatic heterocycles. The number of ketones is 1. The molecule has 2 bridgehead atoms. The lowest BCUT2D eigenvalue weighted by Gasteiger charge is -2.30. The summed E-state index contributed by atoms with van der Waals surface area (Å²) < 4.78 is 5.89. The quantitative estimate of drug-likeness (QED) is 0.326. The highest BCUT2D eigenvalue weighted by Gasteiger charge is 2.27. The van der Waals surface area contributed by atoms with Crippen LogP contribution in [0.3, 0.4) is 0 Å². The second-order valence-corrected chi connectivity index (χ2v) is 10.2. The number of ether oxygens (including phenoxy) is 1. The van der Waals surface area contributed by atoms with Gasteiger partial charge in [-0.15, -0.1) is 0 Å². The number of aryl methyl sites for hydroxylation is 1. The Labute approximate surface area is 202 Å². The van der Waals surface area contributed by atoms with E-state index in [1.54, 1.807) is 6.92 Å². The Balaban J connectivity index is 1.60. The van der Waals surface area contributed by atoms with E-state index in [2.05, 4.69) is 61.3 Å². The number of fused-ring (bicyclic) bond motifs is 2. The minimum atomic E-state index is -0.0711. The highest BCUT2D eigenvalue weighted by atomic mass is 16.5. The van der Waals surface area contributed by atoms with Gasteiger partial charge in [0.15, 0.2) is 11.5 Å². The second-order valence-electron chi connectivity index (χ2n) is 10.2. The standard InChI is InChI=1S/C29H33N3O2/c1-19(32-24(17-30)18-31)28(33)9-6-20-4-5-22(23-14-25-7-8-26(15-23)34-25)16-27(20)21-10-12-29(2,3)13-11-21/h4-5,7-8,10,14,16-17,25-26H,6,9,11-13,15,30H2,1-3H3/b24-17-,32-19+/t25-,26+/m0/s1. The fraction of sp³-hybridized carbons (Fsp3) is 0.414. The first-order valence-electron chi connectivity index (χ1n) is 12.1. The molecular weight excluding hydrogens is 422 g/mol. The average Bonchev–Trinajstić information content (AvgIpc) is 3.17.